The quantitative estimate of drug-likeness (QED) is 0.238. The van der Waals surface area contributed by atoms with Crippen molar-refractivity contribution in [3.63, 3.8) is 0 Å². The van der Waals surface area contributed by atoms with Crippen molar-refractivity contribution in [3.8, 4) is 11.3 Å². The number of anilines is 1. The third-order valence-corrected chi connectivity index (χ3v) is 7.59. The molecule has 0 bridgehead atoms. The number of hydrogen-bond acceptors (Lipinski definition) is 8. The van der Waals surface area contributed by atoms with E-state index in [4.69, 9.17) is 0 Å². The van der Waals surface area contributed by atoms with Crippen molar-refractivity contribution in [2.75, 3.05) is 5.01 Å². The average Bonchev–Trinajstić information content (AvgIpc) is 3.42. The normalized spacial score (nSPS) is 16.4. The van der Waals surface area contributed by atoms with Crippen molar-refractivity contribution in [3.05, 3.63) is 70.5 Å². The minimum atomic E-state index is -4.41. The molecule has 1 atom stereocenters. The Morgan fingerprint density at radius 1 is 1.06 bits per heavy atom. The van der Waals surface area contributed by atoms with E-state index in [0.29, 0.717) is 27.3 Å². The summed E-state index contributed by atoms with van der Waals surface area (Å²) in [6, 6.07) is 16.1. The van der Waals surface area contributed by atoms with E-state index in [9.17, 15) is 17.8 Å². The number of amides is 1. The topological polar surface area (TPSA) is 125 Å². The molecule has 0 saturated carbocycles. The van der Waals surface area contributed by atoms with Gasteiger partial charge in [-0.3, -0.25) is 9.35 Å². The molecule has 2 heterocycles. The van der Waals surface area contributed by atoms with Crippen LogP contribution in [0.25, 0.3) is 22.0 Å². The van der Waals surface area contributed by atoms with Gasteiger partial charge in [0.2, 0.25) is 5.13 Å². The van der Waals surface area contributed by atoms with E-state index < -0.39 is 16.2 Å². The Kier molecular flexibility index (Phi) is 6.05. The molecule has 0 radical (unpaired) electrons. The highest BCUT2D eigenvalue weighted by atomic mass is 79.9. The van der Waals surface area contributed by atoms with Gasteiger partial charge >= 0.3 is 0 Å². The number of hydrogen-bond donors (Lipinski definition) is 1. The highest BCUT2D eigenvalue weighted by Crippen LogP contribution is 2.33. The van der Waals surface area contributed by atoms with Gasteiger partial charge in [0.15, 0.2) is 6.04 Å². The molecule has 1 unspecified atom stereocenters. The van der Waals surface area contributed by atoms with Crippen LogP contribution >= 0.6 is 27.3 Å². The summed E-state index contributed by atoms with van der Waals surface area (Å²) in [7, 11) is -4.41. The Balaban J connectivity index is 1.42. The van der Waals surface area contributed by atoms with Gasteiger partial charge in [0, 0.05) is 26.2 Å². The number of azo groups is 1. The standard InChI is InChI=1S/C23H16BrN5O4S2/c1-13-21(27-26-18-10-11-20(35(31,32)33)17-5-3-2-4-16(17)18)22(30)29(28-13)23-25-19(12-34-23)14-6-8-15(24)9-7-14/h2-12,21H,1H3,(H,31,32,33). The van der Waals surface area contributed by atoms with Crippen LogP contribution in [-0.4, -0.2) is 35.6 Å². The molecule has 0 aliphatic carbocycles. The Hall–Kier alpha value is -3.32. The lowest BCUT2D eigenvalue weighted by Gasteiger charge is -2.09. The fourth-order valence-electron chi connectivity index (χ4n) is 3.63. The van der Waals surface area contributed by atoms with Crippen LogP contribution in [0.1, 0.15) is 6.92 Å². The summed E-state index contributed by atoms with van der Waals surface area (Å²) in [4.78, 5) is 17.4. The predicted octanol–water partition coefficient (Wildman–Crippen LogP) is 5.85. The maximum atomic E-state index is 13.1. The zero-order chi connectivity index (χ0) is 24.7. The molecule has 1 aliphatic rings. The molecule has 0 fully saturated rings. The van der Waals surface area contributed by atoms with Gasteiger partial charge in [-0.05, 0) is 31.2 Å². The highest BCUT2D eigenvalue weighted by molar-refractivity contribution is 9.10. The Morgan fingerprint density at radius 3 is 2.49 bits per heavy atom. The number of carbonyl (C=O) groups is 1. The summed E-state index contributed by atoms with van der Waals surface area (Å²) in [5.74, 6) is -0.387. The molecule has 1 amide bonds. The number of benzene rings is 3. The van der Waals surface area contributed by atoms with Gasteiger partial charge in [-0.2, -0.15) is 28.8 Å². The summed E-state index contributed by atoms with van der Waals surface area (Å²) in [6.45, 7) is 1.68. The van der Waals surface area contributed by atoms with E-state index in [1.54, 1.807) is 31.2 Å². The monoisotopic (exact) mass is 569 g/mol. The second-order valence-corrected chi connectivity index (χ2v) is 10.8. The molecule has 0 saturated heterocycles. The molecule has 35 heavy (non-hydrogen) atoms. The van der Waals surface area contributed by atoms with Crippen molar-refractivity contribution in [1.29, 1.82) is 0 Å². The number of carbonyl (C=O) groups excluding carboxylic acids is 1. The molecule has 0 spiro atoms. The van der Waals surface area contributed by atoms with Crippen LogP contribution in [0.2, 0.25) is 0 Å². The van der Waals surface area contributed by atoms with Crippen molar-refractivity contribution < 1.29 is 17.8 Å². The lowest BCUT2D eigenvalue weighted by molar-refractivity contribution is -0.117. The maximum absolute atomic E-state index is 13.1. The molecule has 3 aromatic carbocycles. The number of fused-ring (bicyclic) bond motifs is 1. The molecule has 176 valence electrons. The van der Waals surface area contributed by atoms with Gasteiger partial charge in [-0.1, -0.05) is 52.3 Å². The fourth-order valence-corrected chi connectivity index (χ4v) is 5.38. The lowest BCUT2D eigenvalue weighted by Crippen LogP contribution is -2.29. The molecular weight excluding hydrogens is 554 g/mol. The first-order chi connectivity index (χ1) is 16.7. The number of aromatic nitrogens is 1. The van der Waals surface area contributed by atoms with Crippen LogP contribution in [-0.2, 0) is 14.9 Å². The van der Waals surface area contributed by atoms with Crippen molar-refractivity contribution >= 4 is 70.6 Å². The zero-order valence-corrected chi connectivity index (χ0v) is 21.2. The van der Waals surface area contributed by atoms with Gasteiger partial charge in [0.25, 0.3) is 16.0 Å². The van der Waals surface area contributed by atoms with Crippen LogP contribution < -0.4 is 5.01 Å². The fraction of sp³-hybridized carbons (Fsp3) is 0.0870. The maximum Gasteiger partial charge on any atom is 0.295 e. The molecule has 9 nitrogen and oxygen atoms in total. The molecule has 1 aliphatic heterocycles. The highest BCUT2D eigenvalue weighted by Gasteiger charge is 2.36. The van der Waals surface area contributed by atoms with Crippen LogP contribution in [0.3, 0.4) is 0 Å². The van der Waals surface area contributed by atoms with Gasteiger partial charge in [-0.15, -0.1) is 11.3 Å². The van der Waals surface area contributed by atoms with Crippen LogP contribution in [0, 0.1) is 0 Å². The van der Waals surface area contributed by atoms with Gasteiger partial charge in [-0.25, -0.2) is 4.98 Å². The molecule has 12 heteroatoms. The Morgan fingerprint density at radius 2 is 1.77 bits per heavy atom. The summed E-state index contributed by atoms with van der Waals surface area (Å²) in [5, 5.41) is 17.1. The number of halogens is 1. The van der Waals surface area contributed by atoms with E-state index in [1.165, 1.54) is 28.5 Å². The third-order valence-electron chi connectivity index (χ3n) is 5.33. The first-order valence-corrected chi connectivity index (χ1v) is 13.3. The van der Waals surface area contributed by atoms with Gasteiger partial charge in [0.1, 0.15) is 4.90 Å². The van der Waals surface area contributed by atoms with E-state index in [2.05, 4.69) is 36.2 Å². The number of rotatable bonds is 5. The summed E-state index contributed by atoms with van der Waals surface area (Å²) >= 11 is 4.71. The van der Waals surface area contributed by atoms with E-state index >= 15 is 0 Å². The average molecular weight is 570 g/mol. The second kappa shape index (κ2) is 9.04. The molecule has 1 aromatic heterocycles. The first kappa shape index (κ1) is 23.4. The summed E-state index contributed by atoms with van der Waals surface area (Å²) in [6.07, 6.45) is 0. The molecule has 5 rings (SSSR count). The zero-order valence-electron chi connectivity index (χ0n) is 18.0. The smallest absolute Gasteiger partial charge is 0.282 e. The Bertz CT molecular complexity index is 1630. The van der Waals surface area contributed by atoms with Crippen LogP contribution in [0.4, 0.5) is 10.8 Å². The van der Waals surface area contributed by atoms with Gasteiger partial charge < -0.3 is 0 Å². The van der Waals surface area contributed by atoms with Crippen molar-refractivity contribution in [2.45, 2.75) is 17.9 Å². The van der Waals surface area contributed by atoms with Crippen molar-refractivity contribution in [2.24, 2.45) is 15.3 Å². The number of nitrogens with zero attached hydrogens (tertiary/aromatic N) is 5. The molecule has 1 N–H and O–H groups in total. The summed E-state index contributed by atoms with van der Waals surface area (Å²) < 4.78 is 33.9. The largest absolute Gasteiger partial charge is 0.295 e. The summed E-state index contributed by atoms with van der Waals surface area (Å²) in [5.41, 5.74) is 2.46. The SMILES string of the molecule is CC1=NN(c2nc(-c3ccc(Br)cc3)cs2)C(=O)C1N=Nc1ccc(S(=O)(=O)O)c2ccccc12. The number of hydrazone groups is 1. The van der Waals surface area contributed by atoms with E-state index in [0.717, 1.165) is 15.7 Å². The molecule has 4 aromatic rings. The van der Waals surface area contributed by atoms with E-state index in [1.807, 2.05) is 29.6 Å². The first-order valence-electron chi connectivity index (χ1n) is 10.2. The predicted molar refractivity (Wildman–Crippen MR) is 138 cm³/mol. The van der Waals surface area contributed by atoms with Gasteiger partial charge in [0.05, 0.1) is 17.1 Å². The van der Waals surface area contributed by atoms with Crippen molar-refractivity contribution in [1.82, 2.24) is 4.98 Å². The minimum absolute atomic E-state index is 0.224. The second-order valence-electron chi connectivity index (χ2n) is 7.64. The van der Waals surface area contributed by atoms with E-state index in [-0.39, 0.29) is 10.8 Å². The minimum Gasteiger partial charge on any atom is -0.282 e. The van der Waals surface area contributed by atoms with Crippen LogP contribution in [0.5, 0.6) is 0 Å². The third kappa shape index (κ3) is 4.52. The Labute approximate surface area is 212 Å². The number of thiazole rings is 1. The van der Waals surface area contributed by atoms with Crippen LogP contribution in [0.15, 0.2) is 90.7 Å². The lowest BCUT2D eigenvalue weighted by atomic mass is 10.1. The molecular formula is C23H16BrN5O4S2.